The molecule has 35 heavy (non-hydrogen) atoms. The van der Waals surface area contributed by atoms with Gasteiger partial charge in [0.15, 0.2) is 0 Å². The van der Waals surface area contributed by atoms with E-state index >= 15 is 0 Å². The highest BCUT2D eigenvalue weighted by molar-refractivity contribution is 5.69. The molecule has 0 aromatic heterocycles. The van der Waals surface area contributed by atoms with Crippen molar-refractivity contribution in [3.8, 4) is 0 Å². The number of rotatable bonds is 19. The second kappa shape index (κ2) is 29.5. The first kappa shape index (κ1) is 44.3. The molecule has 0 aromatic rings. The van der Waals surface area contributed by atoms with Gasteiger partial charge in [-0.25, -0.2) is 0 Å². The van der Waals surface area contributed by atoms with Crippen LogP contribution >= 0.6 is 0 Å². The molecular weight excluding hydrogens is 448 g/mol. The Morgan fingerprint density at radius 3 is 1.94 bits per heavy atom. The monoisotopic (exact) mass is 512 g/mol. The van der Waals surface area contributed by atoms with Crippen LogP contribution < -0.4 is 0 Å². The summed E-state index contributed by atoms with van der Waals surface area (Å²) in [5, 5.41) is 28.5. The Morgan fingerprint density at radius 2 is 1.43 bits per heavy atom. The Labute approximate surface area is 219 Å². The Morgan fingerprint density at radius 1 is 0.857 bits per heavy atom. The maximum atomic E-state index is 11.8. The molecule has 0 aliphatic carbocycles. The van der Waals surface area contributed by atoms with E-state index in [9.17, 15) is 20.1 Å². The Bertz CT molecular complexity index is 420. The Hall–Kier alpha value is -0.730. The SMILES string of the molecule is C.C.C.C.C.CCCCCCCCCCCC(=O)OCCOCC(CO)C1OCC(CO)C1CO. The fourth-order valence-corrected chi connectivity index (χ4v) is 4.03. The van der Waals surface area contributed by atoms with Gasteiger partial charge in [-0.15, -0.1) is 0 Å². The quantitative estimate of drug-likeness (QED) is 0.147. The van der Waals surface area contributed by atoms with Crippen LogP contribution in [0.25, 0.3) is 0 Å². The van der Waals surface area contributed by atoms with Crippen molar-refractivity contribution >= 4 is 5.97 Å². The average Bonchev–Trinajstić information content (AvgIpc) is 3.18. The second-order valence-corrected chi connectivity index (χ2v) is 8.40. The average molecular weight is 513 g/mol. The maximum absolute atomic E-state index is 11.8. The van der Waals surface area contributed by atoms with Crippen molar-refractivity contribution in [1.29, 1.82) is 0 Å². The zero-order valence-corrected chi connectivity index (χ0v) is 18.8. The molecule has 0 spiro atoms. The molecule has 1 aliphatic heterocycles. The number of hydrogen-bond acceptors (Lipinski definition) is 7. The van der Waals surface area contributed by atoms with Gasteiger partial charge >= 0.3 is 5.97 Å². The molecule has 0 radical (unpaired) electrons. The zero-order valence-electron chi connectivity index (χ0n) is 18.8. The molecule has 7 nitrogen and oxygen atoms in total. The third kappa shape index (κ3) is 19.1. The largest absolute Gasteiger partial charge is 0.463 e. The van der Waals surface area contributed by atoms with Crippen molar-refractivity contribution in [2.45, 2.75) is 114 Å². The first-order chi connectivity index (χ1) is 14.7. The summed E-state index contributed by atoms with van der Waals surface area (Å²) >= 11 is 0. The summed E-state index contributed by atoms with van der Waals surface area (Å²) in [5.74, 6) is -0.789. The van der Waals surface area contributed by atoms with Crippen LogP contribution in [0.4, 0.5) is 0 Å². The molecule has 0 bridgehead atoms. The predicted octanol–water partition coefficient (Wildman–Crippen LogP) is 5.87. The fourth-order valence-electron chi connectivity index (χ4n) is 4.03. The Balaban J connectivity index is -0.000000600. The number of esters is 1. The molecule has 0 aromatic carbocycles. The zero-order chi connectivity index (χ0) is 22.0. The molecule has 0 amide bonds. The van der Waals surface area contributed by atoms with E-state index in [2.05, 4.69) is 6.92 Å². The van der Waals surface area contributed by atoms with Gasteiger partial charge in [0.2, 0.25) is 0 Å². The van der Waals surface area contributed by atoms with Crippen LogP contribution in [0.3, 0.4) is 0 Å². The van der Waals surface area contributed by atoms with Crippen LogP contribution in [0.2, 0.25) is 0 Å². The van der Waals surface area contributed by atoms with Crippen molar-refractivity contribution in [1.82, 2.24) is 0 Å². The van der Waals surface area contributed by atoms with Crippen LogP contribution in [0, 0.1) is 17.8 Å². The van der Waals surface area contributed by atoms with Crippen molar-refractivity contribution < 1.29 is 34.3 Å². The number of ether oxygens (including phenoxy) is 3. The van der Waals surface area contributed by atoms with E-state index in [-0.39, 0.29) is 107 Å². The molecule has 1 saturated heterocycles. The van der Waals surface area contributed by atoms with Crippen LogP contribution in [-0.4, -0.2) is 73.6 Å². The van der Waals surface area contributed by atoms with Gasteiger partial charge in [0.25, 0.3) is 0 Å². The van der Waals surface area contributed by atoms with Crippen molar-refractivity contribution in [3.05, 3.63) is 0 Å². The van der Waals surface area contributed by atoms with Gasteiger partial charge in [-0.2, -0.15) is 0 Å². The van der Waals surface area contributed by atoms with E-state index in [1.165, 1.54) is 44.9 Å². The molecule has 1 fully saturated rings. The van der Waals surface area contributed by atoms with Gasteiger partial charge < -0.3 is 29.5 Å². The minimum absolute atomic E-state index is 0. The normalized spacial score (nSPS) is 19.1. The standard InChI is InChI=1S/C23H44O7.5CH4/c1-2-3-4-5-6-7-8-9-10-11-22(27)29-13-12-28-17-20(15-25)23-21(16-26)19(14-24)18-30-23;;;;;/h19-21,23-26H,2-18H2,1H3;5*1H4. The lowest BCUT2D eigenvalue weighted by atomic mass is 9.86. The number of carbonyl (C=O) groups excluding carboxylic acids is 1. The molecular formula is C28H64O7. The van der Waals surface area contributed by atoms with Crippen molar-refractivity contribution in [2.75, 3.05) is 46.2 Å². The highest BCUT2D eigenvalue weighted by Crippen LogP contribution is 2.31. The third-order valence-electron chi connectivity index (χ3n) is 5.98. The lowest BCUT2D eigenvalue weighted by Gasteiger charge is -2.26. The van der Waals surface area contributed by atoms with Gasteiger partial charge in [0.1, 0.15) is 6.61 Å². The number of hydrogen-bond donors (Lipinski definition) is 3. The summed E-state index contributed by atoms with van der Waals surface area (Å²) in [4.78, 5) is 11.8. The maximum Gasteiger partial charge on any atom is 0.305 e. The van der Waals surface area contributed by atoms with E-state index in [0.29, 0.717) is 13.0 Å². The van der Waals surface area contributed by atoms with E-state index in [1.807, 2.05) is 0 Å². The summed E-state index contributed by atoms with van der Waals surface area (Å²) in [6.07, 6.45) is 11.0. The van der Waals surface area contributed by atoms with Gasteiger partial charge in [-0.1, -0.05) is 95.4 Å². The summed E-state index contributed by atoms with van der Waals surface area (Å²) in [5.41, 5.74) is 0. The molecule has 7 heteroatoms. The molecule has 3 N–H and O–H groups in total. The molecule has 218 valence electrons. The summed E-state index contributed by atoms with van der Waals surface area (Å²) < 4.78 is 16.4. The van der Waals surface area contributed by atoms with Gasteiger partial charge in [-0.3, -0.25) is 4.79 Å². The first-order valence-electron chi connectivity index (χ1n) is 11.8. The van der Waals surface area contributed by atoms with E-state index in [4.69, 9.17) is 14.2 Å². The van der Waals surface area contributed by atoms with Gasteiger partial charge in [-0.05, 0) is 6.42 Å². The minimum atomic E-state index is -0.341. The number of aliphatic hydroxyl groups is 3. The lowest BCUT2D eigenvalue weighted by Crippen LogP contribution is -2.36. The fraction of sp³-hybridized carbons (Fsp3) is 0.964. The molecule has 4 unspecified atom stereocenters. The molecule has 4 atom stereocenters. The molecule has 1 rings (SSSR count). The van der Waals surface area contributed by atoms with Crippen molar-refractivity contribution in [3.63, 3.8) is 0 Å². The third-order valence-corrected chi connectivity index (χ3v) is 5.98. The summed E-state index contributed by atoms with van der Waals surface area (Å²) in [6, 6.07) is 0. The lowest BCUT2D eigenvalue weighted by molar-refractivity contribution is -0.145. The first-order valence-corrected chi connectivity index (χ1v) is 11.8. The molecule has 1 heterocycles. The number of unbranched alkanes of at least 4 members (excludes halogenated alkanes) is 8. The van der Waals surface area contributed by atoms with Crippen LogP contribution in [0.15, 0.2) is 0 Å². The highest BCUT2D eigenvalue weighted by Gasteiger charge is 2.40. The van der Waals surface area contributed by atoms with E-state index in [0.717, 1.165) is 12.8 Å². The van der Waals surface area contributed by atoms with Crippen molar-refractivity contribution in [2.24, 2.45) is 17.8 Å². The molecule has 0 saturated carbocycles. The minimum Gasteiger partial charge on any atom is -0.463 e. The van der Waals surface area contributed by atoms with Crippen LogP contribution in [0.5, 0.6) is 0 Å². The van der Waals surface area contributed by atoms with Gasteiger partial charge in [0.05, 0.1) is 32.5 Å². The van der Waals surface area contributed by atoms with Crippen LogP contribution in [0.1, 0.15) is 108 Å². The Kier molecular flexibility index (Phi) is 37.3. The number of carbonyl (C=O) groups is 1. The summed E-state index contributed by atoms with van der Waals surface area (Å²) in [7, 11) is 0. The van der Waals surface area contributed by atoms with Crippen LogP contribution in [-0.2, 0) is 19.0 Å². The number of aliphatic hydroxyl groups excluding tert-OH is 3. The van der Waals surface area contributed by atoms with E-state index < -0.39 is 0 Å². The smallest absolute Gasteiger partial charge is 0.305 e. The molecule has 1 aliphatic rings. The summed E-state index contributed by atoms with van der Waals surface area (Å²) in [6.45, 7) is 3.05. The van der Waals surface area contributed by atoms with Gasteiger partial charge in [0, 0.05) is 37.4 Å². The second-order valence-electron chi connectivity index (χ2n) is 8.40. The topological polar surface area (TPSA) is 105 Å². The van der Waals surface area contributed by atoms with E-state index in [1.54, 1.807) is 0 Å². The predicted molar refractivity (Wildman–Crippen MR) is 149 cm³/mol. The highest BCUT2D eigenvalue weighted by atomic mass is 16.6.